The lowest BCUT2D eigenvalue weighted by atomic mass is 10.0. The van der Waals surface area contributed by atoms with Crippen LogP contribution >= 0.6 is 0 Å². The Kier molecular flexibility index (Phi) is 44.5. The molecule has 0 fully saturated rings. The Labute approximate surface area is 338 Å². The lowest BCUT2D eigenvalue weighted by Gasteiger charge is -2.23. The van der Waals surface area contributed by atoms with Gasteiger partial charge in [-0.3, -0.25) is 4.79 Å². The zero-order valence-electron chi connectivity index (χ0n) is 36.9. The van der Waals surface area contributed by atoms with Gasteiger partial charge in [0, 0.05) is 0 Å². The Hall–Kier alpha value is -0.650. The molecule has 5 nitrogen and oxygen atoms in total. The van der Waals surface area contributed by atoms with E-state index >= 15 is 0 Å². The number of aliphatic hydroxyl groups is 3. The molecule has 5 heteroatoms. The topological polar surface area (TPSA) is 89.8 Å². The number of hydrogen-bond donors (Lipinski definition) is 4. The van der Waals surface area contributed by atoms with E-state index < -0.39 is 18.2 Å². The predicted octanol–water partition coefficient (Wildman–Crippen LogP) is 14.6. The van der Waals surface area contributed by atoms with Gasteiger partial charge in [0.2, 0.25) is 5.91 Å². The second kappa shape index (κ2) is 45.1. The van der Waals surface area contributed by atoms with E-state index in [2.05, 4.69) is 19.2 Å². The molecule has 0 saturated heterocycles. The van der Waals surface area contributed by atoms with Crippen LogP contribution in [0.15, 0.2) is 0 Å². The van der Waals surface area contributed by atoms with Crippen LogP contribution in [-0.4, -0.2) is 46.1 Å². The molecule has 3 atom stereocenters. The van der Waals surface area contributed by atoms with Crippen LogP contribution in [0, 0.1) is 0 Å². The van der Waals surface area contributed by atoms with E-state index in [4.69, 9.17) is 0 Å². The Morgan fingerprint density at radius 3 is 0.889 bits per heavy atom. The van der Waals surface area contributed by atoms with Crippen LogP contribution < -0.4 is 5.32 Å². The average molecular weight is 766 g/mol. The first kappa shape index (κ1) is 53.4. The van der Waals surface area contributed by atoms with Crippen molar-refractivity contribution >= 4 is 5.91 Å². The van der Waals surface area contributed by atoms with Gasteiger partial charge in [-0.15, -0.1) is 0 Å². The maximum absolute atomic E-state index is 12.4. The molecule has 0 aliphatic carbocycles. The zero-order valence-corrected chi connectivity index (χ0v) is 36.9. The molecule has 324 valence electrons. The molecule has 0 aromatic heterocycles. The lowest BCUT2D eigenvalue weighted by molar-refractivity contribution is -0.125. The number of unbranched alkanes of at least 4 members (excludes halogenated alkanes) is 37. The highest BCUT2D eigenvalue weighted by molar-refractivity contribution is 5.76. The fourth-order valence-corrected chi connectivity index (χ4v) is 8.11. The van der Waals surface area contributed by atoms with Gasteiger partial charge in [-0.1, -0.05) is 264 Å². The van der Waals surface area contributed by atoms with Crippen LogP contribution in [0.1, 0.15) is 284 Å². The van der Waals surface area contributed by atoms with Gasteiger partial charge in [-0.25, -0.2) is 0 Å². The molecule has 4 N–H and O–H groups in total. The quantitative estimate of drug-likeness (QED) is 0.0465. The highest BCUT2D eigenvalue weighted by Gasteiger charge is 2.21. The summed E-state index contributed by atoms with van der Waals surface area (Å²) < 4.78 is 0. The van der Waals surface area contributed by atoms with Crippen molar-refractivity contribution in [1.29, 1.82) is 0 Å². The Balaban J connectivity index is 3.41. The molecular weight excluding hydrogens is 667 g/mol. The van der Waals surface area contributed by atoms with Crippen molar-refractivity contribution in [1.82, 2.24) is 5.32 Å². The summed E-state index contributed by atoms with van der Waals surface area (Å²) in [5, 5.41) is 33.3. The first-order chi connectivity index (χ1) is 26.5. The number of aliphatic hydroxyl groups excluding tert-OH is 3. The van der Waals surface area contributed by atoms with Crippen LogP contribution in [0.4, 0.5) is 0 Å². The van der Waals surface area contributed by atoms with E-state index in [9.17, 15) is 20.1 Å². The fraction of sp³-hybridized carbons (Fsp3) is 0.980. The highest BCUT2D eigenvalue weighted by atomic mass is 16.3. The van der Waals surface area contributed by atoms with Crippen molar-refractivity contribution in [2.75, 3.05) is 6.61 Å². The third-order valence-corrected chi connectivity index (χ3v) is 11.9. The minimum atomic E-state index is -0.742. The molecule has 0 aromatic rings. The molecule has 54 heavy (non-hydrogen) atoms. The summed E-state index contributed by atoms with van der Waals surface area (Å²) in [6.45, 7) is 4.26. The van der Waals surface area contributed by atoms with E-state index in [0.29, 0.717) is 12.8 Å². The number of hydrogen-bond acceptors (Lipinski definition) is 4. The Bertz CT molecular complexity index is 718. The molecular formula is C49H99NO4. The monoisotopic (exact) mass is 766 g/mol. The summed E-state index contributed by atoms with van der Waals surface area (Å²) in [6, 6.07) is -0.651. The van der Waals surface area contributed by atoms with Crippen molar-refractivity contribution in [2.24, 2.45) is 0 Å². The van der Waals surface area contributed by atoms with Gasteiger partial charge >= 0.3 is 0 Å². The molecule has 0 rings (SSSR count). The van der Waals surface area contributed by atoms with E-state index in [1.165, 1.54) is 225 Å². The lowest BCUT2D eigenvalue weighted by Crippen LogP contribution is -2.46. The van der Waals surface area contributed by atoms with Crippen molar-refractivity contribution in [3.63, 3.8) is 0 Å². The van der Waals surface area contributed by atoms with Gasteiger partial charge in [0.1, 0.15) is 0 Å². The molecule has 0 heterocycles. The van der Waals surface area contributed by atoms with Crippen molar-refractivity contribution in [3.05, 3.63) is 0 Å². The summed E-state index contributed by atoms with van der Waals surface area (Å²) in [7, 11) is 0. The van der Waals surface area contributed by atoms with Crippen molar-refractivity contribution < 1.29 is 20.1 Å². The summed E-state index contributed by atoms with van der Waals surface area (Å²) in [5.74, 6) is -0.279. The number of carbonyl (C=O) groups is 1. The van der Waals surface area contributed by atoms with Crippen molar-refractivity contribution in [3.8, 4) is 0 Å². The maximum atomic E-state index is 12.4. The molecule has 1 amide bonds. The minimum absolute atomic E-state index is 0.0425. The molecule has 0 aliphatic rings. The van der Waals surface area contributed by atoms with Gasteiger partial charge in [0.05, 0.1) is 31.3 Å². The third kappa shape index (κ3) is 41.0. The SMILES string of the molecule is CCCCCCCCCCCCCCCCCCCCCCCCCCCCCCCCC(O)CC(=O)NC(CO)C(O)CCCCCCCCCCC. The number of rotatable bonds is 46. The predicted molar refractivity (Wildman–Crippen MR) is 236 cm³/mol. The second-order valence-corrected chi connectivity index (χ2v) is 17.4. The van der Waals surface area contributed by atoms with Crippen LogP contribution in [0.5, 0.6) is 0 Å². The number of nitrogens with one attached hydrogen (secondary N) is 1. The molecule has 0 saturated carbocycles. The summed E-state index contributed by atoms with van der Waals surface area (Å²) in [4.78, 5) is 12.4. The smallest absolute Gasteiger partial charge is 0.222 e. The first-order valence-corrected chi connectivity index (χ1v) is 24.8. The normalized spacial score (nSPS) is 13.4. The van der Waals surface area contributed by atoms with Gasteiger partial charge < -0.3 is 20.6 Å². The van der Waals surface area contributed by atoms with Gasteiger partial charge in [0.25, 0.3) is 0 Å². The Morgan fingerprint density at radius 1 is 0.389 bits per heavy atom. The first-order valence-electron chi connectivity index (χ1n) is 24.8. The van der Waals surface area contributed by atoms with Crippen LogP contribution in [0.3, 0.4) is 0 Å². The number of amides is 1. The minimum Gasteiger partial charge on any atom is -0.394 e. The average Bonchev–Trinajstić information content (AvgIpc) is 3.16. The summed E-state index contributed by atoms with van der Waals surface area (Å²) in [5.41, 5.74) is 0. The number of carbonyl (C=O) groups excluding carboxylic acids is 1. The van der Waals surface area contributed by atoms with Gasteiger partial charge in [-0.2, -0.15) is 0 Å². The van der Waals surface area contributed by atoms with Crippen LogP contribution in [-0.2, 0) is 4.79 Å². The van der Waals surface area contributed by atoms with Crippen molar-refractivity contribution in [2.45, 2.75) is 302 Å². The van der Waals surface area contributed by atoms with Gasteiger partial charge in [0.15, 0.2) is 0 Å². The summed E-state index contributed by atoms with van der Waals surface area (Å²) in [6.07, 6.45) is 52.6. The zero-order chi connectivity index (χ0) is 39.4. The molecule has 0 aliphatic heterocycles. The largest absolute Gasteiger partial charge is 0.394 e. The third-order valence-electron chi connectivity index (χ3n) is 11.9. The highest BCUT2D eigenvalue weighted by Crippen LogP contribution is 2.18. The van der Waals surface area contributed by atoms with E-state index in [1.807, 2.05) is 0 Å². The fourth-order valence-electron chi connectivity index (χ4n) is 8.11. The molecule has 0 spiro atoms. The maximum Gasteiger partial charge on any atom is 0.222 e. The van der Waals surface area contributed by atoms with Crippen LogP contribution in [0.25, 0.3) is 0 Å². The van der Waals surface area contributed by atoms with E-state index in [1.54, 1.807) is 0 Å². The molecule has 0 radical (unpaired) electrons. The molecule has 0 bridgehead atoms. The van der Waals surface area contributed by atoms with Gasteiger partial charge in [-0.05, 0) is 12.8 Å². The molecule has 3 unspecified atom stereocenters. The summed E-state index contributed by atoms with van der Waals surface area (Å²) >= 11 is 0. The van der Waals surface area contributed by atoms with E-state index in [-0.39, 0.29) is 18.9 Å². The second-order valence-electron chi connectivity index (χ2n) is 17.4. The van der Waals surface area contributed by atoms with E-state index in [0.717, 1.165) is 25.7 Å². The standard InChI is InChI=1S/C49H99NO4/c1-3-5-7-9-11-13-14-15-16-17-18-19-20-21-22-23-24-25-26-27-28-29-30-31-32-33-35-36-38-40-42-46(52)44-49(54)50-47(45-51)48(53)43-41-39-37-34-12-10-8-6-4-2/h46-48,51-53H,3-45H2,1-2H3,(H,50,54). The molecule has 0 aromatic carbocycles. The Morgan fingerprint density at radius 2 is 0.630 bits per heavy atom. The van der Waals surface area contributed by atoms with Crippen LogP contribution in [0.2, 0.25) is 0 Å².